The van der Waals surface area contributed by atoms with Gasteiger partial charge in [-0.05, 0) is 41.0 Å². The maximum atomic E-state index is 6.53. The van der Waals surface area contributed by atoms with Crippen molar-refractivity contribution in [2.75, 3.05) is 0 Å². The molecular weight excluding hydrogens is 615 g/mol. The summed E-state index contributed by atoms with van der Waals surface area (Å²) in [7, 11) is 0. The molecule has 0 unspecified atom stereocenters. The molecule has 0 aliphatic heterocycles. The van der Waals surface area contributed by atoms with Crippen molar-refractivity contribution in [3.05, 3.63) is 164 Å². The van der Waals surface area contributed by atoms with Gasteiger partial charge >= 0.3 is 0 Å². The Balaban J connectivity index is 1.12. The summed E-state index contributed by atoms with van der Waals surface area (Å²) in [5.74, 6) is 1.81. The summed E-state index contributed by atoms with van der Waals surface area (Å²) in [6, 6.07) is 55.7. The Bertz CT molecular complexity index is 2850. The second-order valence-electron chi connectivity index (χ2n) is 12.4. The number of hydrogen-bond donors (Lipinski definition) is 0. The molecule has 0 aliphatic carbocycles. The van der Waals surface area contributed by atoms with Crippen molar-refractivity contribution in [2.24, 2.45) is 0 Å². The molecule has 5 nitrogen and oxygen atoms in total. The van der Waals surface area contributed by atoms with Gasteiger partial charge in [-0.3, -0.25) is 0 Å². The first-order valence-electron chi connectivity index (χ1n) is 16.6. The number of benzene rings is 7. The number of fused-ring (bicyclic) bond motifs is 6. The van der Waals surface area contributed by atoms with E-state index in [1.807, 2.05) is 66.7 Å². The van der Waals surface area contributed by atoms with Gasteiger partial charge in [0.1, 0.15) is 22.3 Å². The lowest BCUT2D eigenvalue weighted by molar-refractivity contribution is 0.668. The fraction of sp³-hybridized carbons (Fsp3) is 0. The van der Waals surface area contributed by atoms with Crippen LogP contribution in [0.5, 0.6) is 0 Å². The predicted octanol–water partition coefficient (Wildman–Crippen LogP) is 12.0. The SMILES string of the molecule is c1ccc(-c2ccc(-c3nc(-c4ccccc4)nc(-c4cccc5oc6cc(-c7cccc8c7oc7ccccc78)ccc6c45)n3)cc2)cc1. The van der Waals surface area contributed by atoms with Crippen LogP contribution in [0.1, 0.15) is 0 Å². The van der Waals surface area contributed by atoms with Crippen molar-refractivity contribution in [1.29, 1.82) is 0 Å². The van der Waals surface area contributed by atoms with Crippen molar-refractivity contribution >= 4 is 43.9 Å². The fourth-order valence-electron chi connectivity index (χ4n) is 6.94. The van der Waals surface area contributed by atoms with Crippen LogP contribution in [0.15, 0.2) is 173 Å². The van der Waals surface area contributed by atoms with E-state index in [-0.39, 0.29) is 0 Å². The molecule has 50 heavy (non-hydrogen) atoms. The van der Waals surface area contributed by atoms with E-state index in [4.69, 9.17) is 23.8 Å². The number of para-hydroxylation sites is 2. The van der Waals surface area contributed by atoms with E-state index in [9.17, 15) is 0 Å². The van der Waals surface area contributed by atoms with Gasteiger partial charge in [-0.2, -0.15) is 0 Å². The van der Waals surface area contributed by atoms with Gasteiger partial charge in [0.2, 0.25) is 0 Å². The highest BCUT2D eigenvalue weighted by atomic mass is 16.3. The third-order valence-electron chi connectivity index (χ3n) is 9.37. The summed E-state index contributed by atoms with van der Waals surface area (Å²) in [4.78, 5) is 15.1. The van der Waals surface area contributed by atoms with Crippen LogP contribution in [0.2, 0.25) is 0 Å². The Kier molecular flexibility index (Phi) is 6.42. The second-order valence-corrected chi connectivity index (χ2v) is 12.4. The highest BCUT2D eigenvalue weighted by Gasteiger charge is 2.19. The summed E-state index contributed by atoms with van der Waals surface area (Å²) in [5, 5.41) is 4.16. The normalized spacial score (nSPS) is 11.6. The standard InChI is InChI=1S/C45H27N3O2/c1-3-11-28(12-4-1)29-21-23-31(24-22-29)44-46-43(30-13-5-2-6-14-30)47-45(48-44)37-18-10-20-39-41(37)36-26-25-32(27-40(36)49-39)33-16-9-17-35-34-15-7-8-19-38(34)50-42(33)35/h1-27H. The third-order valence-corrected chi connectivity index (χ3v) is 9.37. The lowest BCUT2D eigenvalue weighted by atomic mass is 9.99. The van der Waals surface area contributed by atoms with Crippen LogP contribution < -0.4 is 0 Å². The van der Waals surface area contributed by atoms with E-state index in [2.05, 4.69) is 97.1 Å². The lowest BCUT2D eigenvalue weighted by Gasteiger charge is -2.10. The van der Waals surface area contributed by atoms with Crippen LogP contribution >= 0.6 is 0 Å². The van der Waals surface area contributed by atoms with Gasteiger partial charge in [0.25, 0.3) is 0 Å². The number of aromatic nitrogens is 3. The van der Waals surface area contributed by atoms with E-state index in [0.717, 1.165) is 82.8 Å². The van der Waals surface area contributed by atoms with Gasteiger partial charge in [0.15, 0.2) is 17.5 Å². The second kappa shape index (κ2) is 11.4. The first-order valence-corrected chi connectivity index (χ1v) is 16.6. The van der Waals surface area contributed by atoms with Crippen LogP contribution in [0, 0.1) is 0 Å². The molecule has 0 N–H and O–H groups in total. The van der Waals surface area contributed by atoms with E-state index < -0.39 is 0 Å². The first-order chi connectivity index (χ1) is 24.8. The molecule has 5 heteroatoms. The summed E-state index contributed by atoms with van der Waals surface area (Å²) < 4.78 is 12.9. The molecule has 10 aromatic rings. The van der Waals surface area contributed by atoms with Crippen LogP contribution in [0.25, 0.3) is 100 Å². The van der Waals surface area contributed by atoms with Crippen LogP contribution in [0.4, 0.5) is 0 Å². The summed E-state index contributed by atoms with van der Waals surface area (Å²) >= 11 is 0. The minimum atomic E-state index is 0.588. The Morgan fingerprint density at radius 1 is 0.320 bits per heavy atom. The summed E-state index contributed by atoms with van der Waals surface area (Å²) in [5.41, 5.74) is 10.4. The minimum Gasteiger partial charge on any atom is -0.456 e. The molecule has 0 aliphatic rings. The largest absolute Gasteiger partial charge is 0.456 e. The molecule has 0 atom stereocenters. The maximum Gasteiger partial charge on any atom is 0.164 e. The molecule has 3 aromatic heterocycles. The predicted molar refractivity (Wildman–Crippen MR) is 202 cm³/mol. The van der Waals surface area contributed by atoms with Gasteiger partial charge in [-0.25, -0.2) is 15.0 Å². The molecule has 0 spiro atoms. The average Bonchev–Trinajstić information content (AvgIpc) is 3.77. The Morgan fingerprint density at radius 2 is 0.880 bits per heavy atom. The summed E-state index contributed by atoms with van der Waals surface area (Å²) in [6.45, 7) is 0. The molecule has 0 radical (unpaired) electrons. The van der Waals surface area contributed by atoms with E-state index in [1.165, 1.54) is 0 Å². The molecule has 0 fully saturated rings. The number of rotatable bonds is 5. The molecule has 7 aromatic carbocycles. The number of nitrogens with zero attached hydrogens (tertiary/aromatic N) is 3. The number of hydrogen-bond acceptors (Lipinski definition) is 5. The minimum absolute atomic E-state index is 0.588. The average molecular weight is 642 g/mol. The Hall–Kier alpha value is -6.85. The first kappa shape index (κ1) is 28.2. The lowest BCUT2D eigenvalue weighted by Crippen LogP contribution is -2.00. The Labute approximate surface area is 287 Å². The van der Waals surface area contributed by atoms with Gasteiger partial charge in [0, 0.05) is 43.8 Å². The van der Waals surface area contributed by atoms with E-state index >= 15 is 0 Å². The third kappa shape index (κ3) is 4.67. The zero-order valence-electron chi connectivity index (χ0n) is 26.7. The van der Waals surface area contributed by atoms with Crippen molar-refractivity contribution in [1.82, 2.24) is 15.0 Å². The molecular formula is C45H27N3O2. The van der Waals surface area contributed by atoms with Gasteiger partial charge in [-0.15, -0.1) is 0 Å². The molecule has 3 heterocycles. The monoisotopic (exact) mass is 641 g/mol. The topological polar surface area (TPSA) is 65.0 Å². The number of furan rings is 2. The maximum absolute atomic E-state index is 6.53. The van der Waals surface area contributed by atoms with Gasteiger partial charge in [0.05, 0.1) is 0 Å². The van der Waals surface area contributed by atoms with Crippen LogP contribution in [-0.2, 0) is 0 Å². The van der Waals surface area contributed by atoms with Crippen molar-refractivity contribution in [3.8, 4) is 56.4 Å². The van der Waals surface area contributed by atoms with E-state index in [0.29, 0.717) is 17.5 Å². The van der Waals surface area contributed by atoms with Crippen molar-refractivity contribution in [2.45, 2.75) is 0 Å². The molecule has 234 valence electrons. The highest BCUT2D eigenvalue weighted by molar-refractivity contribution is 6.14. The van der Waals surface area contributed by atoms with Crippen molar-refractivity contribution < 1.29 is 8.83 Å². The molecule has 0 bridgehead atoms. The van der Waals surface area contributed by atoms with Gasteiger partial charge < -0.3 is 8.83 Å². The Morgan fingerprint density at radius 3 is 1.68 bits per heavy atom. The highest BCUT2D eigenvalue weighted by Crippen LogP contribution is 2.40. The molecule has 0 saturated heterocycles. The van der Waals surface area contributed by atoms with Crippen LogP contribution in [-0.4, -0.2) is 15.0 Å². The van der Waals surface area contributed by atoms with Crippen LogP contribution in [0.3, 0.4) is 0 Å². The molecule has 10 rings (SSSR count). The zero-order valence-corrected chi connectivity index (χ0v) is 26.7. The fourth-order valence-corrected chi connectivity index (χ4v) is 6.94. The van der Waals surface area contributed by atoms with Crippen molar-refractivity contribution in [3.63, 3.8) is 0 Å². The van der Waals surface area contributed by atoms with E-state index in [1.54, 1.807) is 0 Å². The zero-order chi connectivity index (χ0) is 33.0. The molecule has 0 amide bonds. The molecule has 0 saturated carbocycles. The summed E-state index contributed by atoms with van der Waals surface area (Å²) in [6.07, 6.45) is 0. The quantitative estimate of drug-likeness (QED) is 0.187. The smallest absolute Gasteiger partial charge is 0.164 e. The van der Waals surface area contributed by atoms with Gasteiger partial charge in [-0.1, -0.05) is 140 Å².